The van der Waals surface area contributed by atoms with Crippen LogP contribution in [-0.4, -0.2) is 57.9 Å². The Balaban J connectivity index is 1.85. The predicted octanol–water partition coefficient (Wildman–Crippen LogP) is 4.03. The highest BCUT2D eigenvalue weighted by Gasteiger charge is 2.56. The molecule has 0 spiro atoms. The third kappa shape index (κ3) is 5.11. The first kappa shape index (κ1) is 27.6. The third-order valence-corrected chi connectivity index (χ3v) is 7.60. The number of phenols is 1. The van der Waals surface area contributed by atoms with E-state index in [0.29, 0.717) is 29.7 Å². The molecular weight excluding hydrogens is 462 g/mol. The second-order valence-electron chi connectivity index (χ2n) is 9.73. The number of fused-ring (bicyclic) bond motifs is 1. The SMILES string of the molecule is CCC1=C([C@H](O)CC/C(=C/c2cc(C)c(O)c(C)c2)CC)[C@H](CO)[C@@H]2C(=O)N(C(=O)OC)C(=O)[C@@H]2C1. The largest absolute Gasteiger partial charge is 0.507 e. The van der Waals surface area contributed by atoms with Gasteiger partial charge in [0.05, 0.1) is 31.7 Å². The van der Waals surface area contributed by atoms with Crippen molar-refractivity contribution >= 4 is 24.0 Å². The van der Waals surface area contributed by atoms with Crippen molar-refractivity contribution in [2.45, 2.75) is 65.9 Å². The average Bonchev–Trinajstić information content (AvgIpc) is 3.12. The Labute approximate surface area is 212 Å². The maximum Gasteiger partial charge on any atom is 0.423 e. The average molecular weight is 500 g/mol. The lowest BCUT2D eigenvalue weighted by Crippen LogP contribution is -2.40. The van der Waals surface area contributed by atoms with E-state index >= 15 is 0 Å². The van der Waals surface area contributed by atoms with Crippen LogP contribution in [0.3, 0.4) is 0 Å². The van der Waals surface area contributed by atoms with E-state index in [1.165, 1.54) is 0 Å². The maximum absolute atomic E-state index is 13.0. The monoisotopic (exact) mass is 499 g/mol. The summed E-state index contributed by atoms with van der Waals surface area (Å²) in [4.78, 5) is 38.5. The molecule has 2 aliphatic rings. The summed E-state index contributed by atoms with van der Waals surface area (Å²) in [6, 6.07) is 3.84. The molecule has 36 heavy (non-hydrogen) atoms. The number of methoxy groups -OCH3 is 1. The number of phenolic OH excluding ortho intramolecular Hbond substituents is 1. The van der Waals surface area contributed by atoms with E-state index in [1.54, 1.807) is 0 Å². The summed E-state index contributed by atoms with van der Waals surface area (Å²) in [6.45, 7) is 7.27. The van der Waals surface area contributed by atoms with E-state index in [2.05, 4.69) is 10.8 Å². The summed E-state index contributed by atoms with van der Waals surface area (Å²) in [5.41, 5.74) is 5.16. The molecule has 1 aromatic rings. The van der Waals surface area contributed by atoms with E-state index < -0.39 is 48.4 Å². The van der Waals surface area contributed by atoms with Crippen LogP contribution in [0.25, 0.3) is 6.08 Å². The summed E-state index contributed by atoms with van der Waals surface area (Å²) >= 11 is 0. The first-order valence-corrected chi connectivity index (χ1v) is 12.6. The number of aliphatic hydroxyl groups is 2. The zero-order valence-corrected chi connectivity index (χ0v) is 21.7. The quantitative estimate of drug-likeness (QED) is 0.364. The van der Waals surface area contributed by atoms with E-state index in [9.17, 15) is 29.7 Å². The Morgan fingerprint density at radius 2 is 1.83 bits per heavy atom. The van der Waals surface area contributed by atoms with Crippen molar-refractivity contribution in [2.75, 3.05) is 13.7 Å². The second-order valence-corrected chi connectivity index (χ2v) is 9.73. The second kappa shape index (κ2) is 11.4. The summed E-state index contributed by atoms with van der Waals surface area (Å²) in [7, 11) is 1.11. The van der Waals surface area contributed by atoms with Gasteiger partial charge in [-0.05, 0) is 80.3 Å². The summed E-state index contributed by atoms with van der Waals surface area (Å²) in [6.07, 6.45) is 2.75. The lowest BCUT2D eigenvalue weighted by molar-refractivity contribution is -0.137. The van der Waals surface area contributed by atoms with Gasteiger partial charge in [-0.1, -0.05) is 31.1 Å². The van der Waals surface area contributed by atoms with Gasteiger partial charge in [0.15, 0.2) is 0 Å². The van der Waals surface area contributed by atoms with Gasteiger partial charge in [-0.2, -0.15) is 4.90 Å². The number of carbonyl (C=O) groups is 3. The number of hydrogen-bond acceptors (Lipinski definition) is 7. The van der Waals surface area contributed by atoms with E-state index in [0.717, 1.165) is 41.4 Å². The van der Waals surface area contributed by atoms with Gasteiger partial charge < -0.3 is 20.1 Å². The van der Waals surface area contributed by atoms with Gasteiger partial charge >= 0.3 is 6.09 Å². The molecule has 0 radical (unpaired) electrons. The van der Waals surface area contributed by atoms with Crippen LogP contribution in [0.5, 0.6) is 5.75 Å². The predicted molar refractivity (Wildman–Crippen MR) is 135 cm³/mol. The molecule has 8 nitrogen and oxygen atoms in total. The Bertz CT molecular complexity index is 1080. The highest BCUT2D eigenvalue weighted by atomic mass is 16.5. The van der Waals surface area contributed by atoms with Crippen molar-refractivity contribution in [3.05, 3.63) is 45.5 Å². The number of aromatic hydroxyl groups is 1. The Kier molecular flexibility index (Phi) is 8.74. The van der Waals surface area contributed by atoms with Crippen molar-refractivity contribution in [1.82, 2.24) is 4.90 Å². The molecule has 1 aliphatic carbocycles. The Morgan fingerprint density at radius 3 is 2.36 bits per heavy atom. The molecule has 1 fully saturated rings. The number of ether oxygens (including phenoxy) is 1. The number of benzene rings is 1. The molecule has 3 N–H and O–H groups in total. The fourth-order valence-corrected chi connectivity index (χ4v) is 5.71. The first-order chi connectivity index (χ1) is 17.1. The first-order valence-electron chi connectivity index (χ1n) is 12.6. The summed E-state index contributed by atoms with van der Waals surface area (Å²) < 4.78 is 4.62. The number of carbonyl (C=O) groups excluding carboxylic acids is 3. The van der Waals surface area contributed by atoms with Crippen molar-refractivity contribution in [3.63, 3.8) is 0 Å². The van der Waals surface area contributed by atoms with Crippen molar-refractivity contribution in [1.29, 1.82) is 0 Å². The zero-order valence-electron chi connectivity index (χ0n) is 21.7. The molecule has 3 amide bonds. The van der Waals surface area contributed by atoms with Gasteiger partial charge in [0, 0.05) is 5.92 Å². The van der Waals surface area contributed by atoms with Gasteiger partial charge in [0.1, 0.15) is 5.75 Å². The lowest BCUT2D eigenvalue weighted by Gasteiger charge is -2.36. The molecule has 1 aliphatic heterocycles. The number of hydrogen-bond donors (Lipinski definition) is 3. The lowest BCUT2D eigenvalue weighted by atomic mass is 9.67. The van der Waals surface area contributed by atoms with Crippen LogP contribution >= 0.6 is 0 Å². The normalized spacial score (nSPS) is 23.2. The number of nitrogens with zero attached hydrogens (tertiary/aromatic N) is 1. The van der Waals surface area contributed by atoms with E-state index in [-0.39, 0.29) is 12.2 Å². The van der Waals surface area contributed by atoms with Gasteiger partial charge in [-0.15, -0.1) is 0 Å². The molecule has 0 unspecified atom stereocenters. The number of aliphatic hydroxyl groups excluding tert-OH is 2. The fourth-order valence-electron chi connectivity index (χ4n) is 5.71. The minimum atomic E-state index is -1.02. The number of likely N-dealkylation sites (tertiary alicyclic amines) is 1. The molecular formula is C28H37NO7. The minimum Gasteiger partial charge on any atom is -0.507 e. The molecule has 0 saturated carbocycles. The van der Waals surface area contributed by atoms with Crippen LogP contribution in [0.4, 0.5) is 4.79 Å². The maximum atomic E-state index is 13.0. The van der Waals surface area contributed by atoms with Crippen LogP contribution < -0.4 is 0 Å². The number of imide groups is 3. The molecule has 0 bridgehead atoms. The van der Waals surface area contributed by atoms with Crippen LogP contribution in [0.1, 0.15) is 62.6 Å². The smallest absolute Gasteiger partial charge is 0.423 e. The van der Waals surface area contributed by atoms with E-state index in [1.807, 2.05) is 39.8 Å². The van der Waals surface area contributed by atoms with E-state index in [4.69, 9.17) is 0 Å². The van der Waals surface area contributed by atoms with Crippen LogP contribution in [0.2, 0.25) is 0 Å². The van der Waals surface area contributed by atoms with Gasteiger partial charge in [0.25, 0.3) is 0 Å². The zero-order chi connectivity index (χ0) is 26.7. The molecule has 3 rings (SSSR count). The number of amides is 3. The fraction of sp³-hybridized carbons (Fsp3) is 0.536. The summed E-state index contributed by atoms with van der Waals surface area (Å²) in [5, 5.41) is 31.6. The van der Waals surface area contributed by atoms with Crippen LogP contribution in [0, 0.1) is 31.6 Å². The Hall–Kier alpha value is -2.97. The molecule has 196 valence electrons. The van der Waals surface area contributed by atoms with Crippen molar-refractivity contribution in [3.8, 4) is 5.75 Å². The van der Waals surface area contributed by atoms with Gasteiger partial charge in [0.2, 0.25) is 11.8 Å². The highest BCUT2D eigenvalue weighted by Crippen LogP contribution is 2.47. The molecule has 1 aromatic carbocycles. The minimum absolute atomic E-state index is 0.269. The van der Waals surface area contributed by atoms with Crippen LogP contribution in [-0.2, 0) is 14.3 Å². The van der Waals surface area contributed by atoms with Crippen LogP contribution in [0.15, 0.2) is 28.9 Å². The van der Waals surface area contributed by atoms with Gasteiger partial charge in [-0.25, -0.2) is 4.79 Å². The Morgan fingerprint density at radius 1 is 1.19 bits per heavy atom. The molecule has 1 heterocycles. The number of aryl methyl sites for hydroxylation is 2. The molecule has 1 saturated heterocycles. The van der Waals surface area contributed by atoms with Crippen molar-refractivity contribution in [2.24, 2.45) is 17.8 Å². The topological polar surface area (TPSA) is 124 Å². The molecule has 0 aromatic heterocycles. The third-order valence-electron chi connectivity index (χ3n) is 7.60. The molecule has 8 heteroatoms. The number of allylic oxidation sites excluding steroid dienone is 2. The van der Waals surface area contributed by atoms with Gasteiger partial charge in [-0.3, -0.25) is 9.59 Å². The number of rotatable bonds is 8. The summed E-state index contributed by atoms with van der Waals surface area (Å²) in [5.74, 6) is -3.38. The van der Waals surface area contributed by atoms with Crippen molar-refractivity contribution < 1.29 is 34.4 Å². The highest BCUT2D eigenvalue weighted by molar-refractivity contribution is 6.15. The molecule has 4 atom stereocenters. The standard InChI is InChI=1S/C28H37NO7/c1-6-17(12-18-10-15(3)25(32)16(4)11-18)8-9-22(31)23-19(7-2)13-20-24(21(23)14-30)27(34)29(26(20)33)28(35)36-5/h10-12,20-22,24,30-32H,6-9,13-14H2,1-5H3/b17-12+/t20-,21+,22-,24-/m1/s1.